The average molecular weight is 1060 g/mol. The Labute approximate surface area is 417 Å². The molecule has 0 fully saturated rings. The van der Waals surface area contributed by atoms with Crippen LogP contribution in [0.2, 0.25) is 0 Å². The van der Waals surface area contributed by atoms with E-state index in [0.717, 1.165) is 30.3 Å². The van der Waals surface area contributed by atoms with E-state index in [1.165, 1.54) is 27.3 Å². The smallest absolute Gasteiger partial charge is 0.309 e. The van der Waals surface area contributed by atoms with E-state index in [-0.39, 0.29) is 89.2 Å². The number of benzene rings is 8. The summed E-state index contributed by atoms with van der Waals surface area (Å²) in [5, 5.41) is -1.26. The molecule has 0 bridgehead atoms. The summed E-state index contributed by atoms with van der Waals surface area (Å²) in [6.45, 7) is 0. The molecule has 5 nitrogen and oxygen atoms in total. The summed E-state index contributed by atoms with van der Waals surface area (Å²) in [6.07, 6.45) is -25.0. The molecule has 76 heavy (non-hydrogen) atoms. The number of hydrogen-bond acceptors (Lipinski definition) is 3. The summed E-state index contributed by atoms with van der Waals surface area (Å²) in [5.41, 5.74) is -6.54. The summed E-state index contributed by atoms with van der Waals surface area (Å²) in [6, 6.07) is 32.7. The fourth-order valence-electron chi connectivity index (χ4n) is 9.43. The third-order valence-corrected chi connectivity index (χ3v) is 12.9. The van der Waals surface area contributed by atoms with Crippen LogP contribution in [0.15, 0.2) is 170 Å². The molecule has 0 N–H and O–H groups in total. The Balaban J connectivity index is 1.28. The van der Waals surface area contributed by atoms with E-state index >= 15 is 13.2 Å². The fourth-order valence-corrected chi connectivity index (χ4v) is 9.43. The van der Waals surface area contributed by atoms with Crippen molar-refractivity contribution >= 4 is 43.6 Å². The van der Waals surface area contributed by atoms with Gasteiger partial charge in [0.05, 0.1) is 55.6 Å². The Morgan fingerprint density at radius 3 is 1.00 bits per heavy atom. The first kappa shape index (κ1) is 49.5. The SMILES string of the molecule is FC(F)(F)c1ccc(-n2c3ccc(C(F)(F)F)cc3c3cc(C(F)(F)F)ccc32)c(-c2cc(-n3c4ccc(C(F)(F)F)cc4c4cc(C(F)(F)F)ccc43)ccc2-c2nc(-c3ccccc3)nc(-c3ccccc3)n2)c1. The van der Waals surface area contributed by atoms with Crippen LogP contribution in [0.5, 0.6) is 0 Å². The molecule has 8 aromatic carbocycles. The first-order valence-electron chi connectivity index (χ1n) is 22.5. The molecule has 20 heteroatoms. The Kier molecular flexibility index (Phi) is 11.4. The van der Waals surface area contributed by atoms with Crippen LogP contribution < -0.4 is 0 Å². The second-order valence-electron chi connectivity index (χ2n) is 17.6. The Hall–Kier alpha value is -8.68. The lowest BCUT2D eigenvalue weighted by atomic mass is 9.94. The number of alkyl halides is 15. The molecule has 0 aliphatic rings. The van der Waals surface area contributed by atoms with Gasteiger partial charge in [0.25, 0.3) is 0 Å². The predicted molar refractivity (Wildman–Crippen MR) is 255 cm³/mol. The Morgan fingerprint density at radius 2 is 0.618 bits per heavy atom. The van der Waals surface area contributed by atoms with Gasteiger partial charge in [-0.3, -0.25) is 0 Å². The van der Waals surface area contributed by atoms with Crippen LogP contribution in [0, 0.1) is 0 Å². The lowest BCUT2D eigenvalue weighted by Gasteiger charge is -2.20. The number of rotatable bonds is 6. The molecular formula is C56H28F15N5. The zero-order valence-corrected chi connectivity index (χ0v) is 38.1. The van der Waals surface area contributed by atoms with Crippen LogP contribution in [-0.4, -0.2) is 24.1 Å². The van der Waals surface area contributed by atoms with E-state index < -0.39 is 58.7 Å². The molecule has 0 unspecified atom stereocenters. The van der Waals surface area contributed by atoms with Gasteiger partial charge < -0.3 is 9.13 Å². The van der Waals surface area contributed by atoms with Crippen molar-refractivity contribution in [1.29, 1.82) is 0 Å². The highest BCUT2D eigenvalue weighted by atomic mass is 19.4. The van der Waals surface area contributed by atoms with Crippen molar-refractivity contribution in [3.63, 3.8) is 0 Å². The Bertz CT molecular complexity index is 3890. The van der Waals surface area contributed by atoms with Crippen LogP contribution in [0.3, 0.4) is 0 Å². The average Bonchev–Trinajstić information content (AvgIpc) is 3.96. The van der Waals surface area contributed by atoms with Crippen LogP contribution >= 0.6 is 0 Å². The van der Waals surface area contributed by atoms with Gasteiger partial charge in [0.1, 0.15) is 0 Å². The zero-order chi connectivity index (χ0) is 53.9. The molecule has 11 aromatic rings. The minimum atomic E-state index is -5.09. The summed E-state index contributed by atoms with van der Waals surface area (Å²) < 4.78 is 219. The molecule has 0 amide bonds. The lowest BCUT2D eigenvalue weighted by molar-refractivity contribution is -0.138. The molecule has 3 aromatic heterocycles. The molecule has 0 atom stereocenters. The largest absolute Gasteiger partial charge is 0.416 e. The fraction of sp³-hybridized carbons (Fsp3) is 0.0893. The van der Waals surface area contributed by atoms with Crippen molar-refractivity contribution in [2.24, 2.45) is 0 Å². The van der Waals surface area contributed by atoms with Crippen molar-refractivity contribution in [2.75, 3.05) is 0 Å². The van der Waals surface area contributed by atoms with Crippen LogP contribution in [0.1, 0.15) is 27.8 Å². The monoisotopic (exact) mass is 1060 g/mol. The number of fused-ring (bicyclic) bond motifs is 6. The Morgan fingerprint density at radius 1 is 0.276 bits per heavy atom. The van der Waals surface area contributed by atoms with Crippen molar-refractivity contribution in [1.82, 2.24) is 24.1 Å². The van der Waals surface area contributed by atoms with Gasteiger partial charge in [0.2, 0.25) is 0 Å². The second kappa shape index (κ2) is 17.5. The van der Waals surface area contributed by atoms with Gasteiger partial charge in [-0.2, -0.15) is 65.9 Å². The molecule has 11 rings (SSSR count). The van der Waals surface area contributed by atoms with E-state index in [4.69, 9.17) is 15.0 Å². The van der Waals surface area contributed by atoms with Crippen molar-refractivity contribution in [2.45, 2.75) is 30.9 Å². The van der Waals surface area contributed by atoms with Crippen molar-refractivity contribution < 1.29 is 65.9 Å². The molecule has 3 heterocycles. The maximum absolute atomic E-state index is 15.1. The van der Waals surface area contributed by atoms with Gasteiger partial charge in [-0.05, 0) is 115 Å². The summed E-state index contributed by atoms with van der Waals surface area (Å²) in [7, 11) is 0. The van der Waals surface area contributed by atoms with Crippen LogP contribution in [0.25, 0.3) is 100 Å². The minimum absolute atomic E-state index is 0.0332. The highest BCUT2D eigenvalue weighted by Crippen LogP contribution is 2.47. The van der Waals surface area contributed by atoms with Gasteiger partial charge >= 0.3 is 30.9 Å². The first-order chi connectivity index (χ1) is 35.8. The molecular weight excluding hydrogens is 1030 g/mol. The summed E-state index contributed by atoms with van der Waals surface area (Å²) >= 11 is 0. The number of hydrogen-bond donors (Lipinski definition) is 0. The van der Waals surface area contributed by atoms with Crippen molar-refractivity contribution in [3.8, 4) is 56.7 Å². The highest BCUT2D eigenvalue weighted by molar-refractivity contribution is 6.12. The molecule has 0 radical (unpaired) electrons. The zero-order valence-electron chi connectivity index (χ0n) is 38.1. The van der Waals surface area contributed by atoms with Gasteiger partial charge in [-0.1, -0.05) is 60.7 Å². The molecule has 0 aliphatic heterocycles. The number of aromatic nitrogens is 5. The maximum atomic E-state index is 15.1. The van der Waals surface area contributed by atoms with Crippen LogP contribution in [0.4, 0.5) is 65.9 Å². The van der Waals surface area contributed by atoms with E-state index in [2.05, 4.69) is 0 Å². The normalized spacial score (nSPS) is 12.9. The van der Waals surface area contributed by atoms with Gasteiger partial charge in [-0.25, -0.2) is 15.0 Å². The lowest BCUT2D eigenvalue weighted by Crippen LogP contribution is -2.08. The summed E-state index contributed by atoms with van der Waals surface area (Å²) in [4.78, 5) is 14.3. The van der Waals surface area contributed by atoms with E-state index in [1.807, 2.05) is 0 Å². The van der Waals surface area contributed by atoms with Crippen molar-refractivity contribution in [3.05, 3.63) is 198 Å². The number of halogens is 15. The number of nitrogens with zero attached hydrogens (tertiary/aromatic N) is 5. The molecule has 0 aliphatic carbocycles. The quantitative estimate of drug-likeness (QED) is 0.156. The third-order valence-electron chi connectivity index (χ3n) is 12.9. The molecule has 0 saturated carbocycles. The molecule has 382 valence electrons. The van der Waals surface area contributed by atoms with E-state index in [0.29, 0.717) is 71.8 Å². The molecule has 0 saturated heterocycles. The second-order valence-corrected chi connectivity index (χ2v) is 17.6. The summed E-state index contributed by atoms with van der Waals surface area (Å²) in [5.74, 6) is -0.0119. The van der Waals surface area contributed by atoms with Crippen LogP contribution in [-0.2, 0) is 30.9 Å². The van der Waals surface area contributed by atoms with E-state index in [1.54, 1.807) is 60.7 Å². The molecule has 0 spiro atoms. The topological polar surface area (TPSA) is 48.5 Å². The van der Waals surface area contributed by atoms with Gasteiger partial charge in [0, 0.05) is 49.5 Å². The maximum Gasteiger partial charge on any atom is 0.416 e. The highest BCUT2D eigenvalue weighted by Gasteiger charge is 2.37. The predicted octanol–water partition coefficient (Wildman–Crippen LogP) is 17.8. The third kappa shape index (κ3) is 8.79. The van der Waals surface area contributed by atoms with E-state index in [9.17, 15) is 52.7 Å². The first-order valence-corrected chi connectivity index (χ1v) is 22.5. The minimum Gasteiger partial charge on any atom is -0.309 e. The van der Waals surface area contributed by atoms with Gasteiger partial charge in [-0.15, -0.1) is 0 Å². The van der Waals surface area contributed by atoms with Gasteiger partial charge in [0.15, 0.2) is 17.5 Å². The standard InChI is InChI=1S/C56H28F15N5/c57-52(58,59)31-13-20-46(76-47-21-14-34(55(66,67)68)26-42(47)43-27-35(56(69,70)71)15-22-48(43)76)39(23-31)38-28-36(75-44-18-11-32(53(60,61)62)24-40(44)41-25-33(54(63,64)65)12-19-45(41)75)16-17-37(38)51-73-49(29-7-3-1-4-8-29)72-50(74-51)30-9-5-2-6-10-30/h1-28H.